The van der Waals surface area contributed by atoms with Crippen LogP contribution in [0.25, 0.3) is 11.0 Å². The molecule has 0 bridgehead atoms. The van der Waals surface area contributed by atoms with Gasteiger partial charge in [0.1, 0.15) is 21.8 Å². The molecule has 0 atom stereocenters. The van der Waals surface area contributed by atoms with E-state index in [0.717, 1.165) is 42.6 Å². The summed E-state index contributed by atoms with van der Waals surface area (Å²) < 4.78 is 37.9. The summed E-state index contributed by atoms with van der Waals surface area (Å²) in [6.07, 6.45) is 3.76. The Morgan fingerprint density at radius 2 is 2.23 bits per heavy atom. The van der Waals surface area contributed by atoms with Crippen LogP contribution in [0.1, 0.15) is 17.9 Å². The molecule has 0 radical (unpaired) electrons. The summed E-state index contributed by atoms with van der Waals surface area (Å²) in [6.45, 7) is 1.13. The van der Waals surface area contributed by atoms with E-state index in [0.29, 0.717) is 11.0 Å². The van der Waals surface area contributed by atoms with E-state index in [-0.39, 0.29) is 11.4 Å². The Morgan fingerprint density at radius 3 is 3.14 bits per heavy atom. The van der Waals surface area contributed by atoms with Gasteiger partial charge in [0.15, 0.2) is 0 Å². The first-order valence-electron chi connectivity index (χ1n) is 6.89. The maximum Gasteiger partial charge on any atom is 0.243 e. The standard InChI is InChI=1S/C13H13N5O2S2/c19-22(20,11-4-1-3-10-13(11)17-21-16-10)15-8-9-7-14-12-5-2-6-18(9)12/h1,3-4,7,15H,2,5-6,8H2. The summed E-state index contributed by atoms with van der Waals surface area (Å²) in [6, 6.07) is 4.98. The first kappa shape index (κ1) is 13.8. The van der Waals surface area contributed by atoms with Crippen molar-refractivity contribution >= 4 is 32.8 Å². The zero-order chi connectivity index (χ0) is 15.2. The summed E-state index contributed by atoms with van der Waals surface area (Å²) in [5, 5.41) is 0. The van der Waals surface area contributed by atoms with Crippen molar-refractivity contribution in [2.45, 2.75) is 30.8 Å². The lowest BCUT2D eigenvalue weighted by molar-refractivity contribution is 0.578. The van der Waals surface area contributed by atoms with Gasteiger partial charge >= 0.3 is 0 Å². The lowest BCUT2D eigenvalue weighted by Gasteiger charge is -2.08. The average molecular weight is 335 g/mol. The molecule has 22 heavy (non-hydrogen) atoms. The molecule has 0 saturated heterocycles. The first-order valence-corrected chi connectivity index (χ1v) is 9.11. The maximum absolute atomic E-state index is 12.5. The van der Waals surface area contributed by atoms with Crippen LogP contribution in [-0.2, 0) is 29.5 Å². The second-order valence-corrected chi connectivity index (χ2v) is 7.40. The zero-order valence-electron chi connectivity index (χ0n) is 11.6. The number of hydrogen-bond donors (Lipinski definition) is 1. The number of nitrogens with one attached hydrogen (secondary N) is 1. The molecule has 1 aromatic carbocycles. The van der Waals surface area contributed by atoms with Gasteiger partial charge in [0.25, 0.3) is 0 Å². The Labute approximate surface area is 131 Å². The van der Waals surface area contributed by atoms with E-state index < -0.39 is 10.0 Å². The Balaban J connectivity index is 1.63. The summed E-state index contributed by atoms with van der Waals surface area (Å²) >= 11 is 1.01. The van der Waals surface area contributed by atoms with Crippen LogP contribution in [0.2, 0.25) is 0 Å². The molecule has 1 aliphatic rings. The van der Waals surface area contributed by atoms with E-state index in [1.165, 1.54) is 0 Å². The Kier molecular flexibility index (Phi) is 3.21. The van der Waals surface area contributed by atoms with E-state index in [4.69, 9.17) is 0 Å². The van der Waals surface area contributed by atoms with Gasteiger partial charge in [-0.25, -0.2) is 18.1 Å². The molecule has 0 saturated carbocycles. The van der Waals surface area contributed by atoms with Crippen molar-refractivity contribution in [1.82, 2.24) is 23.0 Å². The average Bonchev–Trinajstić information content (AvgIpc) is 3.21. The van der Waals surface area contributed by atoms with E-state index in [1.807, 2.05) is 0 Å². The third kappa shape index (κ3) is 2.21. The molecule has 9 heteroatoms. The van der Waals surface area contributed by atoms with E-state index in [1.54, 1.807) is 24.4 Å². The third-order valence-corrected chi connectivity index (χ3v) is 5.76. The molecule has 7 nitrogen and oxygen atoms in total. The fourth-order valence-electron chi connectivity index (χ4n) is 2.71. The molecule has 0 fully saturated rings. The van der Waals surface area contributed by atoms with Crippen LogP contribution >= 0.6 is 11.7 Å². The van der Waals surface area contributed by atoms with Gasteiger partial charge in [-0.3, -0.25) is 0 Å². The Hall–Kier alpha value is -1.84. The van der Waals surface area contributed by atoms with Crippen molar-refractivity contribution in [2.75, 3.05) is 0 Å². The lowest BCUT2D eigenvalue weighted by atomic mass is 10.3. The van der Waals surface area contributed by atoms with Crippen LogP contribution < -0.4 is 4.72 Å². The van der Waals surface area contributed by atoms with Gasteiger partial charge in [0.05, 0.1) is 24.0 Å². The van der Waals surface area contributed by atoms with Crippen LogP contribution in [-0.4, -0.2) is 26.7 Å². The predicted molar refractivity (Wildman–Crippen MR) is 82.0 cm³/mol. The molecule has 0 aliphatic carbocycles. The topological polar surface area (TPSA) is 89.8 Å². The van der Waals surface area contributed by atoms with E-state index in [9.17, 15) is 8.42 Å². The summed E-state index contributed by atoms with van der Waals surface area (Å²) in [7, 11) is -3.64. The largest absolute Gasteiger partial charge is 0.331 e. The number of benzene rings is 1. The number of rotatable bonds is 4. The molecule has 0 spiro atoms. The number of sulfonamides is 1. The van der Waals surface area contributed by atoms with Crippen molar-refractivity contribution < 1.29 is 8.42 Å². The molecule has 3 heterocycles. The molecule has 1 N–H and O–H groups in total. The van der Waals surface area contributed by atoms with Crippen LogP contribution in [0.4, 0.5) is 0 Å². The highest BCUT2D eigenvalue weighted by Crippen LogP contribution is 2.21. The number of aryl methyl sites for hydroxylation is 1. The van der Waals surface area contributed by atoms with Gasteiger partial charge in [0, 0.05) is 19.2 Å². The zero-order valence-corrected chi connectivity index (χ0v) is 13.2. The second-order valence-electron chi connectivity index (χ2n) is 5.13. The monoisotopic (exact) mass is 335 g/mol. The molecule has 114 valence electrons. The van der Waals surface area contributed by atoms with Crippen LogP contribution in [0.3, 0.4) is 0 Å². The van der Waals surface area contributed by atoms with Crippen molar-refractivity contribution in [2.24, 2.45) is 0 Å². The van der Waals surface area contributed by atoms with Gasteiger partial charge in [-0.05, 0) is 18.6 Å². The number of nitrogens with zero attached hydrogens (tertiary/aromatic N) is 4. The summed E-state index contributed by atoms with van der Waals surface area (Å²) in [4.78, 5) is 4.49. The minimum atomic E-state index is -3.64. The van der Waals surface area contributed by atoms with Crippen LogP contribution in [0.15, 0.2) is 29.3 Å². The number of aromatic nitrogens is 4. The molecule has 3 aromatic rings. The minimum absolute atomic E-state index is 0.167. The molecule has 2 aromatic heterocycles. The van der Waals surface area contributed by atoms with Gasteiger partial charge in [-0.15, -0.1) is 0 Å². The molecule has 0 amide bonds. The van der Waals surface area contributed by atoms with Gasteiger partial charge in [-0.2, -0.15) is 8.75 Å². The number of hydrogen-bond acceptors (Lipinski definition) is 6. The smallest absolute Gasteiger partial charge is 0.243 e. The number of fused-ring (bicyclic) bond motifs is 2. The summed E-state index contributed by atoms with van der Waals surface area (Å²) in [5.74, 6) is 1.03. The highest BCUT2D eigenvalue weighted by molar-refractivity contribution is 7.89. The predicted octanol–water partition coefficient (Wildman–Crippen LogP) is 1.31. The molecular formula is C13H13N5O2S2. The molecule has 1 aliphatic heterocycles. The van der Waals surface area contributed by atoms with Gasteiger partial charge in [-0.1, -0.05) is 6.07 Å². The normalized spacial score (nSPS) is 14.5. The highest BCUT2D eigenvalue weighted by atomic mass is 32.2. The number of imidazole rings is 1. The molecule has 0 unspecified atom stereocenters. The van der Waals surface area contributed by atoms with E-state index >= 15 is 0 Å². The van der Waals surface area contributed by atoms with E-state index in [2.05, 4.69) is 23.0 Å². The molecule has 4 rings (SSSR count). The van der Waals surface area contributed by atoms with Gasteiger partial charge in [0.2, 0.25) is 10.0 Å². The highest BCUT2D eigenvalue weighted by Gasteiger charge is 2.21. The fourth-order valence-corrected chi connectivity index (χ4v) is 4.47. The third-order valence-electron chi connectivity index (χ3n) is 3.78. The minimum Gasteiger partial charge on any atom is -0.331 e. The van der Waals surface area contributed by atoms with Crippen molar-refractivity contribution in [3.63, 3.8) is 0 Å². The fraction of sp³-hybridized carbons (Fsp3) is 0.308. The van der Waals surface area contributed by atoms with Crippen molar-refractivity contribution in [1.29, 1.82) is 0 Å². The SMILES string of the molecule is O=S(=O)(NCc1cnc2n1CCC2)c1cccc2nsnc12. The van der Waals surface area contributed by atoms with Crippen LogP contribution in [0, 0.1) is 0 Å². The van der Waals surface area contributed by atoms with Crippen molar-refractivity contribution in [3.05, 3.63) is 35.9 Å². The second kappa shape index (κ2) is 5.11. The van der Waals surface area contributed by atoms with Crippen LogP contribution in [0.5, 0.6) is 0 Å². The Morgan fingerprint density at radius 1 is 1.32 bits per heavy atom. The first-order chi connectivity index (χ1) is 10.6. The lowest BCUT2D eigenvalue weighted by Crippen LogP contribution is -2.24. The van der Waals surface area contributed by atoms with Gasteiger partial charge < -0.3 is 4.57 Å². The van der Waals surface area contributed by atoms with Crippen molar-refractivity contribution in [3.8, 4) is 0 Å². The maximum atomic E-state index is 12.5. The quantitative estimate of drug-likeness (QED) is 0.776. The molecular weight excluding hydrogens is 322 g/mol. The Bertz CT molecular complexity index is 944. The summed E-state index contributed by atoms with van der Waals surface area (Å²) in [5.41, 5.74) is 1.90.